The van der Waals surface area contributed by atoms with E-state index in [0.717, 1.165) is 50.8 Å². The average Bonchev–Trinajstić information content (AvgIpc) is 3.91. The SMILES string of the molecule is CC1(C)c2ccccc2-c2cc(N(c3ccccc3)c3cc(N(c4ccccc4)c4ccc5c(c4)-c4ccccc4C5(C)C)c4c5ccccc5n(-c5ccc6ccccc6c5)c4c3)ccc21. The van der Waals surface area contributed by atoms with Crippen LogP contribution in [0.3, 0.4) is 0 Å². The molecule has 67 heavy (non-hydrogen) atoms. The monoisotopic (exact) mass is 859 g/mol. The van der Waals surface area contributed by atoms with Crippen LogP contribution in [0.1, 0.15) is 49.9 Å². The van der Waals surface area contributed by atoms with Crippen LogP contribution in [0.5, 0.6) is 0 Å². The van der Waals surface area contributed by atoms with Crippen molar-refractivity contribution >= 4 is 66.7 Å². The number of hydrogen-bond acceptors (Lipinski definition) is 2. The van der Waals surface area contributed by atoms with Gasteiger partial charge in [-0.25, -0.2) is 0 Å². The molecule has 0 saturated heterocycles. The van der Waals surface area contributed by atoms with Gasteiger partial charge in [0.2, 0.25) is 0 Å². The maximum absolute atomic E-state index is 2.50. The van der Waals surface area contributed by atoms with Crippen LogP contribution in [0, 0.1) is 0 Å². The Hall–Kier alpha value is -8.14. The third-order valence-corrected chi connectivity index (χ3v) is 14.9. The van der Waals surface area contributed by atoms with Gasteiger partial charge in [0.15, 0.2) is 0 Å². The van der Waals surface area contributed by atoms with Crippen molar-refractivity contribution in [2.24, 2.45) is 0 Å². The molecule has 0 spiro atoms. The van der Waals surface area contributed by atoms with Crippen LogP contribution < -0.4 is 9.80 Å². The second-order valence-electron chi connectivity index (χ2n) is 19.4. The zero-order valence-corrected chi connectivity index (χ0v) is 38.2. The second-order valence-corrected chi connectivity index (χ2v) is 19.4. The van der Waals surface area contributed by atoms with Gasteiger partial charge in [-0.15, -0.1) is 0 Å². The lowest BCUT2D eigenvalue weighted by atomic mass is 9.82. The number of rotatable bonds is 7. The number of para-hydroxylation sites is 3. The number of hydrogen-bond donors (Lipinski definition) is 0. The third kappa shape index (κ3) is 5.90. The summed E-state index contributed by atoms with van der Waals surface area (Å²) in [6.07, 6.45) is 0. The Balaban J connectivity index is 1.14. The third-order valence-electron chi connectivity index (χ3n) is 14.9. The predicted octanol–water partition coefficient (Wildman–Crippen LogP) is 17.5. The van der Waals surface area contributed by atoms with Crippen molar-refractivity contribution in [3.05, 3.63) is 247 Å². The van der Waals surface area contributed by atoms with Gasteiger partial charge >= 0.3 is 0 Å². The number of aromatic nitrogens is 1. The first-order valence-corrected chi connectivity index (χ1v) is 23.5. The lowest BCUT2D eigenvalue weighted by molar-refractivity contribution is 0.660. The van der Waals surface area contributed by atoms with Gasteiger partial charge in [-0.05, 0) is 134 Å². The van der Waals surface area contributed by atoms with E-state index in [9.17, 15) is 0 Å². The van der Waals surface area contributed by atoms with E-state index >= 15 is 0 Å². The van der Waals surface area contributed by atoms with Crippen molar-refractivity contribution in [2.45, 2.75) is 38.5 Å². The van der Waals surface area contributed by atoms with E-state index in [2.05, 4.69) is 267 Å². The zero-order chi connectivity index (χ0) is 45.0. The molecule has 0 saturated carbocycles. The molecule has 13 rings (SSSR count). The minimum atomic E-state index is -0.107. The first kappa shape index (κ1) is 39.2. The Morgan fingerprint density at radius 3 is 1.48 bits per heavy atom. The molecule has 0 unspecified atom stereocenters. The van der Waals surface area contributed by atoms with Crippen LogP contribution >= 0.6 is 0 Å². The van der Waals surface area contributed by atoms with Crippen molar-refractivity contribution < 1.29 is 0 Å². The summed E-state index contributed by atoms with van der Waals surface area (Å²) in [6, 6.07) is 83.4. The van der Waals surface area contributed by atoms with Crippen molar-refractivity contribution in [1.29, 1.82) is 0 Å². The van der Waals surface area contributed by atoms with Crippen LogP contribution in [-0.2, 0) is 10.8 Å². The smallest absolute Gasteiger partial charge is 0.0583 e. The number of benzene rings is 10. The highest BCUT2D eigenvalue weighted by Crippen LogP contribution is 2.54. The normalized spacial score (nSPS) is 13.9. The highest BCUT2D eigenvalue weighted by Gasteiger charge is 2.37. The fourth-order valence-corrected chi connectivity index (χ4v) is 11.7. The van der Waals surface area contributed by atoms with Gasteiger partial charge in [-0.1, -0.05) is 173 Å². The van der Waals surface area contributed by atoms with Crippen LogP contribution in [-0.4, -0.2) is 4.57 Å². The molecular weight excluding hydrogens is 811 g/mol. The number of nitrogens with zero attached hydrogens (tertiary/aromatic N) is 3. The topological polar surface area (TPSA) is 11.4 Å². The molecule has 0 amide bonds. The van der Waals surface area contributed by atoms with Gasteiger partial charge in [-0.3, -0.25) is 0 Å². The van der Waals surface area contributed by atoms with Gasteiger partial charge in [-0.2, -0.15) is 0 Å². The molecule has 3 heteroatoms. The minimum Gasteiger partial charge on any atom is -0.310 e. The van der Waals surface area contributed by atoms with E-state index in [-0.39, 0.29) is 10.8 Å². The molecule has 0 fully saturated rings. The summed E-state index contributed by atoms with van der Waals surface area (Å²) in [5.41, 5.74) is 20.4. The molecule has 10 aromatic carbocycles. The van der Waals surface area contributed by atoms with E-state index in [1.54, 1.807) is 0 Å². The maximum Gasteiger partial charge on any atom is 0.0583 e. The Morgan fingerprint density at radius 1 is 0.328 bits per heavy atom. The standard InChI is InChI=1S/C64H49N3/c1-63(2)55-28-16-13-25-50(55)53-38-47(33-35-57(53)63)65(44-21-7-5-8-22-44)49-40-60(62-52-27-15-18-30-59(52)67(61(62)41-49)46-32-31-42-19-11-12-20-43(42)37-46)66(45-23-9-6-10-24-45)48-34-36-58-54(39-48)51-26-14-17-29-56(51)64(58,3)4/h5-41H,1-4H3. The number of anilines is 6. The van der Waals surface area contributed by atoms with Crippen LogP contribution in [0.4, 0.5) is 34.1 Å². The molecule has 11 aromatic rings. The maximum atomic E-state index is 2.50. The van der Waals surface area contributed by atoms with Crippen molar-refractivity contribution in [3.63, 3.8) is 0 Å². The van der Waals surface area contributed by atoms with Gasteiger partial charge < -0.3 is 14.4 Å². The summed E-state index contributed by atoms with van der Waals surface area (Å²) in [7, 11) is 0. The predicted molar refractivity (Wildman–Crippen MR) is 283 cm³/mol. The molecule has 320 valence electrons. The molecule has 3 nitrogen and oxygen atoms in total. The molecule has 0 bridgehead atoms. The van der Waals surface area contributed by atoms with Crippen LogP contribution in [0.25, 0.3) is 60.5 Å². The van der Waals surface area contributed by atoms with E-state index in [0.29, 0.717) is 0 Å². The molecule has 2 aliphatic carbocycles. The Labute approximate surface area is 392 Å². The summed E-state index contributed by atoms with van der Waals surface area (Å²) in [5.74, 6) is 0. The van der Waals surface area contributed by atoms with Crippen LogP contribution in [0.2, 0.25) is 0 Å². The fraction of sp³-hybridized carbons (Fsp3) is 0.0938. The summed E-state index contributed by atoms with van der Waals surface area (Å²) in [6.45, 7) is 9.43. The van der Waals surface area contributed by atoms with Gasteiger partial charge in [0.1, 0.15) is 0 Å². The number of fused-ring (bicyclic) bond motifs is 10. The van der Waals surface area contributed by atoms with E-state index in [4.69, 9.17) is 0 Å². The Morgan fingerprint density at radius 2 is 0.836 bits per heavy atom. The first-order chi connectivity index (χ1) is 32.8. The summed E-state index contributed by atoms with van der Waals surface area (Å²) in [4.78, 5) is 4.96. The molecule has 0 aliphatic heterocycles. The zero-order valence-electron chi connectivity index (χ0n) is 38.2. The highest BCUT2D eigenvalue weighted by molar-refractivity contribution is 6.18. The molecule has 1 aromatic heterocycles. The summed E-state index contributed by atoms with van der Waals surface area (Å²) >= 11 is 0. The Kier molecular flexibility index (Phi) is 8.60. The van der Waals surface area contributed by atoms with Gasteiger partial charge in [0.05, 0.1) is 22.4 Å². The van der Waals surface area contributed by atoms with Gasteiger partial charge in [0.25, 0.3) is 0 Å². The Bertz CT molecular complexity index is 3760. The van der Waals surface area contributed by atoms with Crippen molar-refractivity contribution in [3.8, 4) is 27.9 Å². The first-order valence-electron chi connectivity index (χ1n) is 23.5. The molecular formula is C64H49N3. The largest absolute Gasteiger partial charge is 0.310 e. The van der Waals surface area contributed by atoms with Crippen LogP contribution in [0.15, 0.2) is 224 Å². The quantitative estimate of drug-likeness (QED) is 0.158. The van der Waals surface area contributed by atoms with E-state index in [1.165, 1.54) is 66.1 Å². The molecule has 0 atom stereocenters. The highest BCUT2D eigenvalue weighted by atomic mass is 15.2. The van der Waals surface area contributed by atoms with E-state index in [1.807, 2.05) is 0 Å². The fourth-order valence-electron chi connectivity index (χ4n) is 11.7. The van der Waals surface area contributed by atoms with Crippen molar-refractivity contribution in [1.82, 2.24) is 4.57 Å². The van der Waals surface area contributed by atoms with Gasteiger partial charge in [0, 0.05) is 50.0 Å². The molecule has 0 radical (unpaired) electrons. The summed E-state index contributed by atoms with van der Waals surface area (Å²) in [5, 5.41) is 4.82. The lowest BCUT2D eigenvalue weighted by Crippen LogP contribution is -2.16. The molecule has 1 heterocycles. The molecule has 2 aliphatic rings. The minimum absolute atomic E-state index is 0.101. The lowest BCUT2D eigenvalue weighted by Gasteiger charge is -2.31. The van der Waals surface area contributed by atoms with E-state index < -0.39 is 0 Å². The van der Waals surface area contributed by atoms with Crippen molar-refractivity contribution in [2.75, 3.05) is 9.80 Å². The molecule has 0 N–H and O–H groups in total. The second kappa shape index (κ2) is 14.7. The average molecular weight is 860 g/mol. The summed E-state index contributed by atoms with van der Waals surface area (Å²) < 4.78 is 2.49.